The van der Waals surface area contributed by atoms with Crippen LogP contribution in [0, 0.1) is 17.1 Å². The lowest BCUT2D eigenvalue weighted by atomic mass is 10.3. The van der Waals surface area contributed by atoms with Gasteiger partial charge in [0.25, 0.3) is 10.0 Å². The van der Waals surface area contributed by atoms with Gasteiger partial charge in [0.15, 0.2) is 5.75 Å². The summed E-state index contributed by atoms with van der Waals surface area (Å²) in [5.41, 5.74) is -0.373. The Morgan fingerprint density at radius 1 is 1.40 bits per heavy atom. The molecule has 1 aromatic carbocycles. The zero-order chi connectivity index (χ0) is 14.9. The van der Waals surface area contributed by atoms with Gasteiger partial charge < -0.3 is 5.11 Å². The minimum atomic E-state index is -4.03. The summed E-state index contributed by atoms with van der Waals surface area (Å²) in [4.78, 5) is 0.215. The number of halogens is 2. The molecule has 0 aliphatic heterocycles. The predicted octanol–water partition coefficient (Wildman–Crippen LogP) is 2.92. The summed E-state index contributed by atoms with van der Waals surface area (Å²) in [6.07, 6.45) is 0. The van der Waals surface area contributed by atoms with E-state index in [2.05, 4.69) is 0 Å². The maximum Gasteiger partial charge on any atom is 0.271 e. The smallest absolute Gasteiger partial charge is 0.271 e. The third-order valence-electron chi connectivity index (χ3n) is 2.23. The Kier molecular flexibility index (Phi) is 3.85. The monoisotopic (exact) mass is 332 g/mol. The van der Waals surface area contributed by atoms with Crippen molar-refractivity contribution in [1.29, 1.82) is 5.26 Å². The van der Waals surface area contributed by atoms with Crippen LogP contribution in [-0.2, 0) is 10.0 Å². The van der Waals surface area contributed by atoms with Crippen LogP contribution in [0.1, 0.15) is 4.88 Å². The van der Waals surface area contributed by atoms with Crippen LogP contribution in [0.3, 0.4) is 0 Å². The van der Waals surface area contributed by atoms with E-state index in [1.807, 2.05) is 10.8 Å². The lowest BCUT2D eigenvalue weighted by molar-refractivity contribution is 0.476. The number of nitriles is 1. The molecule has 2 N–H and O–H groups in total. The molecule has 0 unspecified atom stereocenters. The van der Waals surface area contributed by atoms with Crippen molar-refractivity contribution in [2.45, 2.75) is 4.21 Å². The fraction of sp³-hybridized carbons (Fsp3) is 0. The average molecular weight is 333 g/mol. The lowest BCUT2D eigenvalue weighted by Crippen LogP contribution is -2.11. The average Bonchev–Trinajstić information content (AvgIpc) is 2.84. The lowest BCUT2D eigenvalue weighted by Gasteiger charge is -2.09. The number of phenolic OH excluding ortho intramolecular Hbond substituents is 1. The minimum absolute atomic E-state index is 0.131. The van der Waals surface area contributed by atoms with Gasteiger partial charge in [0.1, 0.15) is 21.0 Å². The van der Waals surface area contributed by atoms with Gasteiger partial charge in [-0.15, -0.1) is 11.3 Å². The van der Waals surface area contributed by atoms with Gasteiger partial charge in [-0.3, -0.25) is 4.72 Å². The van der Waals surface area contributed by atoms with Crippen molar-refractivity contribution < 1.29 is 17.9 Å². The maximum atomic E-state index is 13.2. The highest BCUT2D eigenvalue weighted by Crippen LogP contribution is 2.34. The molecule has 2 rings (SSSR count). The molecular weight excluding hydrogens is 327 g/mol. The molecule has 0 fully saturated rings. The molecule has 104 valence electrons. The first-order chi connectivity index (χ1) is 9.33. The van der Waals surface area contributed by atoms with Crippen LogP contribution in [-0.4, -0.2) is 13.5 Å². The van der Waals surface area contributed by atoms with Gasteiger partial charge in [-0.25, -0.2) is 12.8 Å². The molecule has 5 nitrogen and oxygen atoms in total. The second-order valence-electron chi connectivity index (χ2n) is 3.62. The van der Waals surface area contributed by atoms with Crippen LogP contribution < -0.4 is 4.72 Å². The van der Waals surface area contributed by atoms with E-state index in [0.717, 1.165) is 23.5 Å². The highest BCUT2D eigenvalue weighted by atomic mass is 35.5. The van der Waals surface area contributed by atoms with Crippen molar-refractivity contribution in [3.63, 3.8) is 0 Å². The van der Waals surface area contributed by atoms with E-state index in [1.165, 1.54) is 12.1 Å². The SMILES string of the molecule is N#Cc1ccc(S(=O)(=O)Nc2cc(F)cc(Cl)c2O)s1. The van der Waals surface area contributed by atoms with Crippen molar-refractivity contribution in [1.82, 2.24) is 0 Å². The van der Waals surface area contributed by atoms with E-state index in [1.54, 1.807) is 0 Å². The molecule has 0 radical (unpaired) electrons. The number of aromatic hydroxyl groups is 1. The molecule has 0 saturated heterocycles. The molecule has 1 heterocycles. The highest BCUT2D eigenvalue weighted by Gasteiger charge is 2.20. The molecule has 0 aliphatic rings. The van der Waals surface area contributed by atoms with E-state index in [-0.39, 0.29) is 19.8 Å². The second kappa shape index (κ2) is 5.28. The van der Waals surface area contributed by atoms with Crippen molar-refractivity contribution in [3.8, 4) is 11.8 Å². The van der Waals surface area contributed by atoms with Crippen molar-refractivity contribution in [2.75, 3.05) is 4.72 Å². The van der Waals surface area contributed by atoms with E-state index in [0.29, 0.717) is 0 Å². The Morgan fingerprint density at radius 3 is 2.70 bits per heavy atom. The highest BCUT2D eigenvalue weighted by molar-refractivity contribution is 7.94. The number of anilines is 1. The summed E-state index contributed by atoms with van der Waals surface area (Å²) >= 11 is 6.31. The number of nitrogens with zero attached hydrogens (tertiary/aromatic N) is 1. The molecule has 0 saturated carbocycles. The Bertz CT molecular complexity index is 812. The van der Waals surface area contributed by atoms with Gasteiger partial charge in [-0.1, -0.05) is 11.6 Å². The number of thiophene rings is 1. The van der Waals surface area contributed by atoms with Crippen molar-refractivity contribution >= 4 is 38.6 Å². The third-order valence-corrected chi connectivity index (χ3v) is 5.36. The summed E-state index contributed by atoms with van der Waals surface area (Å²) in [6, 6.07) is 6.05. The predicted molar refractivity (Wildman–Crippen MR) is 72.9 cm³/mol. The number of sulfonamides is 1. The summed E-state index contributed by atoms with van der Waals surface area (Å²) in [7, 11) is -4.03. The van der Waals surface area contributed by atoms with Gasteiger partial charge >= 0.3 is 0 Å². The molecule has 0 spiro atoms. The van der Waals surface area contributed by atoms with Crippen LogP contribution in [0.2, 0.25) is 5.02 Å². The first kappa shape index (κ1) is 14.6. The topological polar surface area (TPSA) is 90.2 Å². The number of benzene rings is 1. The number of rotatable bonds is 3. The summed E-state index contributed by atoms with van der Waals surface area (Å²) in [5.74, 6) is -1.37. The fourth-order valence-electron chi connectivity index (χ4n) is 1.36. The van der Waals surface area contributed by atoms with Crippen LogP contribution in [0.25, 0.3) is 0 Å². The quantitative estimate of drug-likeness (QED) is 0.845. The summed E-state index contributed by atoms with van der Waals surface area (Å²) in [6.45, 7) is 0. The van der Waals surface area contributed by atoms with Crippen LogP contribution in [0.15, 0.2) is 28.5 Å². The Balaban J connectivity index is 2.41. The van der Waals surface area contributed by atoms with E-state index in [9.17, 15) is 17.9 Å². The Morgan fingerprint density at radius 2 is 2.10 bits per heavy atom. The number of hydrogen-bond donors (Lipinski definition) is 2. The third kappa shape index (κ3) is 2.85. The van der Waals surface area contributed by atoms with Crippen LogP contribution >= 0.6 is 22.9 Å². The van der Waals surface area contributed by atoms with Gasteiger partial charge in [0.05, 0.1) is 10.7 Å². The zero-order valence-corrected chi connectivity index (χ0v) is 12.0. The molecule has 0 bridgehead atoms. The number of nitrogens with one attached hydrogen (secondary N) is 1. The van der Waals surface area contributed by atoms with E-state index >= 15 is 0 Å². The van der Waals surface area contributed by atoms with Gasteiger partial charge in [-0.05, 0) is 18.2 Å². The first-order valence-electron chi connectivity index (χ1n) is 5.04. The van der Waals surface area contributed by atoms with Crippen LogP contribution in [0.5, 0.6) is 5.75 Å². The summed E-state index contributed by atoms with van der Waals surface area (Å²) in [5, 5.41) is 18.0. The molecule has 1 aromatic heterocycles. The van der Waals surface area contributed by atoms with Crippen LogP contribution in [0.4, 0.5) is 10.1 Å². The molecule has 9 heteroatoms. The molecule has 0 aliphatic carbocycles. The first-order valence-corrected chi connectivity index (χ1v) is 7.72. The number of hydrogen-bond acceptors (Lipinski definition) is 5. The Hall–Kier alpha value is -1.82. The van der Waals surface area contributed by atoms with Gasteiger partial charge in [0, 0.05) is 6.07 Å². The summed E-state index contributed by atoms with van der Waals surface area (Å²) < 4.78 is 39.1. The number of phenols is 1. The molecule has 20 heavy (non-hydrogen) atoms. The zero-order valence-electron chi connectivity index (χ0n) is 9.59. The Labute approximate surface area is 122 Å². The molecular formula is C11H6ClFN2O3S2. The van der Waals surface area contributed by atoms with Crippen molar-refractivity contribution in [3.05, 3.63) is 40.0 Å². The van der Waals surface area contributed by atoms with Gasteiger partial charge in [-0.2, -0.15) is 5.26 Å². The van der Waals surface area contributed by atoms with Crippen molar-refractivity contribution in [2.24, 2.45) is 0 Å². The van der Waals surface area contributed by atoms with E-state index < -0.39 is 21.6 Å². The molecule has 0 amide bonds. The van der Waals surface area contributed by atoms with E-state index in [4.69, 9.17) is 16.9 Å². The normalized spacial score (nSPS) is 11.1. The fourth-order valence-corrected chi connectivity index (χ4v) is 3.73. The maximum absolute atomic E-state index is 13.2. The second-order valence-corrected chi connectivity index (χ2v) is 7.02. The minimum Gasteiger partial charge on any atom is -0.504 e. The molecule has 2 aromatic rings. The molecule has 0 atom stereocenters. The largest absolute Gasteiger partial charge is 0.504 e. The standard InChI is InChI=1S/C11H6ClFN2O3S2/c12-8-3-6(13)4-9(11(8)16)15-20(17,18)10-2-1-7(5-14)19-10/h1-4,15-16H. The van der Waals surface area contributed by atoms with Gasteiger partial charge in [0.2, 0.25) is 0 Å².